The van der Waals surface area contributed by atoms with Gasteiger partial charge in [-0.3, -0.25) is 0 Å². The van der Waals surface area contributed by atoms with E-state index in [0.29, 0.717) is 12.5 Å². The third kappa shape index (κ3) is 2.59. The Morgan fingerprint density at radius 3 is 2.76 bits per heavy atom. The van der Waals surface area contributed by atoms with E-state index in [1.807, 2.05) is 13.1 Å². The summed E-state index contributed by atoms with van der Waals surface area (Å²) in [5, 5.41) is 9.24. The van der Waals surface area contributed by atoms with Crippen LogP contribution in [0.5, 0.6) is 0 Å². The highest BCUT2D eigenvalue weighted by Crippen LogP contribution is 2.38. The minimum Gasteiger partial charge on any atom is -0.372 e. The maximum atomic E-state index is 9.24. The average Bonchev–Trinajstić information content (AvgIpc) is 3.13. The summed E-state index contributed by atoms with van der Waals surface area (Å²) in [4.78, 5) is 2.08. The molecule has 1 atom stereocenters. The summed E-state index contributed by atoms with van der Waals surface area (Å²) in [6, 6.07) is 10.6. The van der Waals surface area contributed by atoms with Crippen LogP contribution in [0, 0.1) is 24.2 Å². The molecular formula is C14H19N3. The number of anilines is 1. The number of aryl methyl sites for hydroxylation is 1. The van der Waals surface area contributed by atoms with Crippen LogP contribution in [0.1, 0.15) is 18.4 Å². The fraction of sp³-hybridized carbons (Fsp3) is 0.500. The second-order valence-electron chi connectivity index (χ2n) is 5.12. The Morgan fingerprint density at radius 2 is 2.24 bits per heavy atom. The topological polar surface area (TPSA) is 53.0 Å². The van der Waals surface area contributed by atoms with Gasteiger partial charge in [0, 0.05) is 19.3 Å². The van der Waals surface area contributed by atoms with Gasteiger partial charge in [0.25, 0.3) is 0 Å². The normalized spacial score (nSPS) is 18.2. The van der Waals surface area contributed by atoms with Gasteiger partial charge in [-0.25, -0.2) is 0 Å². The monoisotopic (exact) mass is 229 g/mol. The van der Waals surface area contributed by atoms with Gasteiger partial charge in [0.05, 0.1) is 6.07 Å². The highest BCUT2D eigenvalue weighted by Gasteiger charge is 2.43. The molecule has 1 aliphatic carbocycles. The Balaban J connectivity index is 2.11. The van der Waals surface area contributed by atoms with Gasteiger partial charge in [-0.05, 0) is 43.4 Å². The zero-order chi connectivity index (χ0) is 12.5. The predicted octanol–water partition coefficient (Wildman–Crippen LogP) is 2.06. The Morgan fingerprint density at radius 1 is 1.53 bits per heavy atom. The predicted molar refractivity (Wildman–Crippen MR) is 69.7 cm³/mol. The van der Waals surface area contributed by atoms with Gasteiger partial charge in [-0.2, -0.15) is 5.26 Å². The van der Waals surface area contributed by atoms with Crippen molar-refractivity contribution in [1.82, 2.24) is 0 Å². The summed E-state index contributed by atoms with van der Waals surface area (Å²) < 4.78 is 0. The first-order valence-electron chi connectivity index (χ1n) is 6.03. The molecule has 2 rings (SSSR count). The molecule has 0 heterocycles. The van der Waals surface area contributed by atoms with Crippen LogP contribution < -0.4 is 10.6 Å². The van der Waals surface area contributed by atoms with Gasteiger partial charge in [-0.1, -0.05) is 12.1 Å². The molecule has 1 aliphatic rings. The molecule has 1 saturated carbocycles. The highest BCUT2D eigenvalue weighted by atomic mass is 15.1. The summed E-state index contributed by atoms with van der Waals surface area (Å²) in [6.45, 7) is 2.66. The van der Waals surface area contributed by atoms with Crippen LogP contribution in [0.2, 0.25) is 0 Å². The molecule has 3 nitrogen and oxygen atoms in total. The third-order valence-electron chi connectivity index (χ3n) is 3.46. The van der Waals surface area contributed by atoms with Crippen molar-refractivity contribution < 1.29 is 0 Å². The van der Waals surface area contributed by atoms with Gasteiger partial charge >= 0.3 is 0 Å². The highest BCUT2D eigenvalue weighted by molar-refractivity contribution is 5.48. The lowest BCUT2D eigenvalue weighted by atomic mass is 9.95. The van der Waals surface area contributed by atoms with Gasteiger partial charge in [0.1, 0.15) is 5.54 Å². The van der Waals surface area contributed by atoms with Crippen LogP contribution in [0.4, 0.5) is 5.69 Å². The number of benzene rings is 1. The standard InChI is InChI=1S/C14H19N3/c1-11-4-3-5-13(8-11)17(2)10-14(16,9-15)12-6-7-12/h3-5,8,12H,6-7,10,16H2,1-2H3. The second kappa shape index (κ2) is 4.38. The molecule has 0 radical (unpaired) electrons. The molecule has 1 unspecified atom stereocenters. The Labute approximate surface area is 103 Å². The van der Waals surface area contributed by atoms with E-state index in [4.69, 9.17) is 5.73 Å². The largest absolute Gasteiger partial charge is 0.372 e. The fourth-order valence-electron chi connectivity index (χ4n) is 2.20. The van der Waals surface area contributed by atoms with Crippen molar-refractivity contribution in [2.45, 2.75) is 25.3 Å². The van der Waals surface area contributed by atoms with Crippen molar-refractivity contribution in [3.8, 4) is 6.07 Å². The van der Waals surface area contributed by atoms with Crippen LogP contribution >= 0.6 is 0 Å². The van der Waals surface area contributed by atoms with Crippen LogP contribution in [0.25, 0.3) is 0 Å². The number of nitrogens with two attached hydrogens (primary N) is 1. The van der Waals surface area contributed by atoms with E-state index >= 15 is 0 Å². The molecule has 1 aromatic rings. The Hall–Kier alpha value is -1.53. The summed E-state index contributed by atoms with van der Waals surface area (Å²) in [5.74, 6) is 0.375. The molecule has 0 saturated heterocycles. The number of hydrogen-bond donors (Lipinski definition) is 1. The zero-order valence-corrected chi connectivity index (χ0v) is 10.5. The molecule has 0 aliphatic heterocycles. The van der Waals surface area contributed by atoms with Crippen LogP contribution in [0.15, 0.2) is 24.3 Å². The van der Waals surface area contributed by atoms with Crippen LogP contribution in [-0.2, 0) is 0 Å². The lowest BCUT2D eigenvalue weighted by Crippen LogP contribution is -2.50. The van der Waals surface area contributed by atoms with Gasteiger partial charge in [0.2, 0.25) is 0 Å². The van der Waals surface area contributed by atoms with E-state index in [1.54, 1.807) is 0 Å². The SMILES string of the molecule is Cc1cccc(N(C)CC(N)(C#N)C2CC2)c1. The van der Waals surface area contributed by atoms with Crippen LogP contribution in [-0.4, -0.2) is 19.1 Å². The van der Waals surface area contributed by atoms with Crippen molar-refractivity contribution in [1.29, 1.82) is 5.26 Å². The first kappa shape index (κ1) is 11.9. The molecule has 1 fully saturated rings. The molecule has 0 aromatic heterocycles. The average molecular weight is 229 g/mol. The van der Waals surface area contributed by atoms with Gasteiger partial charge in [0.15, 0.2) is 0 Å². The number of likely N-dealkylation sites (N-methyl/N-ethyl adjacent to an activating group) is 1. The molecule has 0 amide bonds. The maximum Gasteiger partial charge on any atom is 0.124 e. The van der Waals surface area contributed by atoms with E-state index in [9.17, 15) is 5.26 Å². The van der Waals surface area contributed by atoms with E-state index in [-0.39, 0.29) is 0 Å². The van der Waals surface area contributed by atoms with Crippen LogP contribution in [0.3, 0.4) is 0 Å². The van der Waals surface area contributed by atoms with Gasteiger partial charge in [-0.15, -0.1) is 0 Å². The number of nitriles is 1. The zero-order valence-electron chi connectivity index (χ0n) is 10.5. The lowest BCUT2D eigenvalue weighted by molar-refractivity contribution is 0.476. The first-order chi connectivity index (χ1) is 8.05. The van der Waals surface area contributed by atoms with Crippen molar-refractivity contribution in [3.05, 3.63) is 29.8 Å². The molecule has 17 heavy (non-hydrogen) atoms. The minimum atomic E-state index is -0.696. The van der Waals surface area contributed by atoms with Crippen molar-refractivity contribution in [2.75, 3.05) is 18.5 Å². The fourth-order valence-corrected chi connectivity index (χ4v) is 2.20. The molecular weight excluding hydrogens is 210 g/mol. The summed E-state index contributed by atoms with van der Waals surface area (Å²) in [6.07, 6.45) is 2.18. The molecule has 90 valence electrons. The lowest BCUT2D eigenvalue weighted by Gasteiger charge is -2.29. The van der Waals surface area contributed by atoms with Crippen molar-refractivity contribution >= 4 is 5.69 Å². The second-order valence-corrected chi connectivity index (χ2v) is 5.12. The summed E-state index contributed by atoms with van der Waals surface area (Å²) >= 11 is 0. The first-order valence-corrected chi connectivity index (χ1v) is 6.03. The molecule has 3 heteroatoms. The smallest absolute Gasteiger partial charge is 0.124 e. The number of hydrogen-bond acceptors (Lipinski definition) is 3. The van der Waals surface area contributed by atoms with Crippen molar-refractivity contribution in [2.24, 2.45) is 11.7 Å². The summed E-state index contributed by atoms with van der Waals surface area (Å²) in [7, 11) is 2.00. The Kier molecular flexibility index (Phi) is 3.08. The molecule has 0 bridgehead atoms. The molecule has 0 spiro atoms. The minimum absolute atomic E-state index is 0.375. The van der Waals surface area contributed by atoms with E-state index in [2.05, 4.69) is 36.1 Å². The molecule has 2 N–H and O–H groups in total. The van der Waals surface area contributed by atoms with E-state index < -0.39 is 5.54 Å². The van der Waals surface area contributed by atoms with E-state index in [0.717, 1.165) is 18.5 Å². The number of nitrogens with zero attached hydrogens (tertiary/aromatic N) is 2. The Bertz CT molecular complexity index is 445. The van der Waals surface area contributed by atoms with Gasteiger partial charge < -0.3 is 10.6 Å². The van der Waals surface area contributed by atoms with E-state index in [1.165, 1.54) is 5.56 Å². The quantitative estimate of drug-likeness (QED) is 0.859. The van der Waals surface area contributed by atoms with Crippen molar-refractivity contribution in [3.63, 3.8) is 0 Å². The molecule has 1 aromatic carbocycles. The number of rotatable bonds is 4. The summed E-state index contributed by atoms with van der Waals surface area (Å²) in [5.41, 5.74) is 7.82. The maximum absolute atomic E-state index is 9.24. The third-order valence-corrected chi connectivity index (χ3v) is 3.46.